The standard InChI is InChI=1S/C17H13Cl2NO6/c1-17(16(22)23,12-8-10(18)4-6-14(12)20(24)25)11-7-9(15(21)26-2)3-5-13(11)19/h3-8H,1-2H3,(H,22,23). The molecule has 0 saturated heterocycles. The smallest absolute Gasteiger partial charge is 0.337 e. The lowest BCUT2D eigenvalue weighted by Crippen LogP contribution is -2.35. The lowest BCUT2D eigenvalue weighted by atomic mass is 9.75. The van der Waals surface area contributed by atoms with Crippen LogP contribution < -0.4 is 0 Å². The van der Waals surface area contributed by atoms with Gasteiger partial charge in [0.25, 0.3) is 5.69 Å². The van der Waals surface area contributed by atoms with E-state index in [1.807, 2.05) is 0 Å². The molecule has 0 aromatic heterocycles. The molecular weight excluding hydrogens is 385 g/mol. The number of ether oxygens (including phenoxy) is 1. The molecule has 0 fully saturated rings. The molecule has 0 bridgehead atoms. The van der Waals surface area contributed by atoms with E-state index in [2.05, 4.69) is 4.74 Å². The van der Waals surface area contributed by atoms with Crippen molar-refractivity contribution in [2.75, 3.05) is 7.11 Å². The molecule has 0 spiro atoms. The van der Waals surface area contributed by atoms with Crippen LogP contribution in [0.25, 0.3) is 0 Å². The lowest BCUT2D eigenvalue weighted by Gasteiger charge is -2.27. The van der Waals surface area contributed by atoms with E-state index >= 15 is 0 Å². The number of nitro benzene ring substituents is 1. The van der Waals surface area contributed by atoms with Gasteiger partial charge in [0, 0.05) is 16.1 Å². The Hall–Kier alpha value is -2.64. The molecule has 0 heterocycles. The average molecular weight is 398 g/mol. The maximum Gasteiger partial charge on any atom is 0.337 e. The molecule has 9 heteroatoms. The van der Waals surface area contributed by atoms with Crippen molar-refractivity contribution in [3.8, 4) is 0 Å². The minimum absolute atomic E-state index is 0.0000617. The molecule has 0 amide bonds. The molecule has 0 saturated carbocycles. The fraction of sp³-hybridized carbons (Fsp3) is 0.176. The van der Waals surface area contributed by atoms with E-state index in [9.17, 15) is 24.8 Å². The van der Waals surface area contributed by atoms with Crippen molar-refractivity contribution in [1.82, 2.24) is 0 Å². The number of nitro groups is 1. The molecule has 2 aromatic rings. The Balaban J connectivity index is 2.86. The number of aliphatic carboxylic acids is 1. The average Bonchev–Trinajstić information content (AvgIpc) is 2.60. The predicted octanol–water partition coefficient (Wildman–Crippen LogP) is 4.08. The van der Waals surface area contributed by atoms with Crippen LogP contribution in [0.3, 0.4) is 0 Å². The summed E-state index contributed by atoms with van der Waals surface area (Å²) >= 11 is 12.1. The van der Waals surface area contributed by atoms with E-state index in [0.29, 0.717) is 0 Å². The molecule has 0 radical (unpaired) electrons. The number of carboxylic acid groups (broad SMARTS) is 1. The molecular formula is C17H13Cl2NO6. The van der Waals surface area contributed by atoms with Crippen LogP contribution in [0.1, 0.15) is 28.4 Å². The molecule has 1 N–H and O–H groups in total. The zero-order valence-electron chi connectivity index (χ0n) is 13.7. The van der Waals surface area contributed by atoms with Crippen molar-refractivity contribution in [3.05, 3.63) is 73.2 Å². The Morgan fingerprint density at radius 2 is 1.81 bits per heavy atom. The zero-order valence-corrected chi connectivity index (χ0v) is 15.2. The summed E-state index contributed by atoms with van der Waals surface area (Å²) < 4.78 is 4.63. The Morgan fingerprint density at radius 1 is 1.15 bits per heavy atom. The van der Waals surface area contributed by atoms with Crippen LogP contribution in [0.2, 0.25) is 10.0 Å². The highest BCUT2D eigenvalue weighted by atomic mass is 35.5. The summed E-state index contributed by atoms with van der Waals surface area (Å²) in [6, 6.07) is 7.56. The van der Waals surface area contributed by atoms with Gasteiger partial charge in [-0.2, -0.15) is 0 Å². The van der Waals surface area contributed by atoms with Gasteiger partial charge in [-0.1, -0.05) is 23.2 Å². The second-order valence-corrected chi connectivity index (χ2v) is 6.38. The van der Waals surface area contributed by atoms with Crippen molar-refractivity contribution in [2.24, 2.45) is 0 Å². The third kappa shape index (κ3) is 3.36. The second kappa shape index (κ2) is 7.31. The number of carbonyl (C=O) groups is 2. The summed E-state index contributed by atoms with van der Waals surface area (Å²) in [7, 11) is 1.18. The largest absolute Gasteiger partial charge is 0.480 e. The number of esters is 1. The first-order valence-corrected chi connectivity index (χ1v) is 7.94. The number of rotatable bonds is 5. The van der Waals surface area contributed by atoms with Gasteiger partial charge in [-0.15, -0.1) is 0 Å². The van der Waals surface area contributed by atoms with Gasteiger partial charge in [0.15, 0.2) is 0 Å². The van der Waals surface area contributed by atoms with Crippen LogP contribution in [0.4, 0.5) is 5.69 Å². The molecule has 136 valence electrons. The van der Waals surface area contributed by atoms with Gasteiger partial charge in [-0.25, -0.2) is 4.79 Å². The third-order valence-electron chi connectivity index (χ3n) is 4.05. The van der Waals surface area contributed by atoms with Gasteiger partial charge in [0.2, 0.25) is 0 Å². The van der Waals surface area contributed by atoms with Gasteiger partial charge in [0.05, 0.1) is 23.2 Å². The summed E-state index contributed by atoms with van der Waals surface area (Å²) in [5.41, 5.74) is -2.47. The minimum Gasteiger partial charge on any atom is -0.480 e. The number of carboxylic acids is 1. The fourth-order valence-electron chi connectivity index (χ4n) is 2.60. The van der Waals surface area contributed by atoms with E-state index in [0.717, 1.165) is 6.07 Å². The topological polar surface area (TPSA) is 107 Å². The van der Waals surface area contributed by atoms with E-state index in [-0.39, 0.29) is 26.7 Å². The quantitative estimate of drug-likeness (QED) is 0.462. The zero-order chi connectivity index (χ0) is 19.6. The molecule has 0 aliphatic rings. The van der Waals surface area contributed by atoms with Crippen LogP contribution in [-0.4, -0.2) is 29.1 Å². The van der Waals surface area contributed by atoms with Crippen LogP contribution in [0, 0.1) is 10.1 Å². The summed E-state index contributed by atoms with van der Waals surface area (Å²) in [5, 5.41) is 21.5. The van der Waals surface area contributed by atoms with E-state index < -0.39 is 28.0 Å². The SMILES string of the molecule is COC(=O)c1ccc(Cl)c(C(C)(C(=O)O)c2cc(Cl)ccc2[N+](=O)[O-])c1. The Morgan fingerprint density at radius 3 is 2.35 bits per heavy atom. The van der Waals surface area contributed by atoms with Crippen LogP contribution >= 0.6 is 23.2 Å². The van der Waals surface area contributed by atoms with E-state index in [1.165, 1.54) is 44.4 Å². The van der Waals surface area contributed by atoms with Gasteiger partial charge in [-0.3, -0.25) is 14.9 Å². The van der Waals surface area contributed by atoms with Gasteiger partial charge < -0.3 is 9.84 Å². The number of halogens is 2. The second-order valence-electron chi connectivity index (χ2n) is 5.53. The third-order valence-corrected chi connectivity index (χ3v) is 4.61. The molecule has 1 unspecified atom stereocenters. The normalized spacial score (nSPS) is 12.9. The highest BCUT2D eigenvalue weighted by molar-refractivity contribution is 6.32. The van der Waals surface area contributed by atoms with Gasteiger partial charge >= 0.3 is 11.9 Å². The van der Waals surface area contributed by atoms with Crippen molar-refractivity contribution < 1.29 is 24.4 Å². The van der Waals surface area contributed by atoms with E-state index in [1.54, 1.807) is 0 Å². The number of benzene rings is 2. The van der Waals surface area contributed by atoms with Crippen LogP contribution in [0.5, 0.6) is 0 Å². The number of nitrogens with zero attached hydrogens (tertiary/aromatic N) is 1. The number of carbonyl (C=O) groups excluding carboxylic acids is 1. The number of hydrogen-bond donors (Lipinski definition) is 1. The number of methoxy groups -OCH3 is 1. The maximum atomic E-state index is 12.2. The summed E-state index contributed by atoms with van der Waals surface area (Å²) in [4.78, 5) is 34.7. The first-order valence-electron chi connectivity index (χ1n) is 7.19. The highest BCUT2D eigenvalue weighted by Crippen LogP contribution is 2.42. The number of hydrogen-bond acceptors (Lipinski definition) is 5. The van der Waals surface area contributed by atoms with Crippen molar-refractivity contribution in [3.63, 3.8) is 0 Å². The van der Waals surface area contributed by atoms with Crippen molar-refractivity contribution in [1.29, 1.82) is 0 Å². The highest BCUT2D eigenvalue weighted by Gasteiger charge is 2.44. The Kier molecular flexibility index (Phi) is 5.53. The van der Waals surface area contributed by atoms with Crippen LogP contribution in [0.15, 0.2) is 36.4 Å². The molecule has 26 heavy (non-hydrogen) atoms. The predicted molar refractivity (Wildman–Crippen MR) is 95.0 cm³/mol. The van der Waals surface area contributed by atoms with E-state index in [4.69, 9.17) is 23.2 Å². The van der Waals surface area contributed by atoms with Gasteiger partial charge in [0.1, 0.15) is 5.41 Å². The van der Waals surface area contributed by atoms with Crippen molar-refractivity contribution in [2.45, 2.75) is 12.3 Å². The molecule has 1 atom stereocenters. The summed E-state index contributed by atoms with van der Waals surface area (Å²) in [6.45, 7) is 1.26. The van der Waals surface area contributed by atoms with Crippen LogP contribution in [-0.2, 0) is 14.9 Å². The molecule has 0 aliphatic carbocycles. The minimum atomic E-state index is -1.94. The molecule has 2 rings (SSSR count). The lowest BCUT2D eigenvalue weighted by molar-refractivity contribution is -0.385. The summed E-state index contributed by atoms with van der Waals surface area (Å²) in [6.07, 6.45) is 0. The van der Waals surface area contributed by atoms with Gasteiger partial charge in [-0.05, 0) is 42.8 Å². The molecule has 2 aromatic carbocycles. The Bertz CT molecular complexity index is 914. The first-order chi connectivity index (χ1) is 12.1. The molecule has 0 aliphatic heterocycles. The first kappa shape index (κ1) is 19.7. The molecule has 7 nitrogen and oxygen atoms in total. The monoisotopic (exact) mass is 397 g/mol. The maximum absolute atomic E-state index is 12.2. The van der Waals surface area contributed by atoms with Crippen molar-refractivity contribution >= 4 is 40.8 Å². The Labute approximate surface area is 158 Å². The summed E-state index contributed by atoms with van der Waals surface area (Å²) in [5.74, 6) is -2.09. The fourth-order valence-corrected chi connectivity index (χ4v) is 3.08.